The van der Waals surface area contributed by atoms with Crippen molar-refractivity contribution in [1.29, 1.82) is 0 Å². The van der Waals surface area contributed by atoms with Crippen LogP contribution in [-0.4, -0.2) is 55.8 Å². The lowest BCUT2D eigenvalue weighted by atomic mass is 9.73. The first-order valence-electron chi connectivity index (χ1n) is 6.23. The van der Waals surface area contributed by atoms with E-state index in [1.54, 1.807) is 0 Å². The summed E-state index contributed by atoms with van der Waals surface area (Å²) in [5, 5.41) is 3.48. The SMILES string of the molecule is CN1CCNCC1C1(c2ccccn2)COC1. The van der Waals surface area contributed by atoms with Crippen molar-refractivity contribution < 1.29 is 4.74 Å². The van der Waals surface area contributed by atoms with Gasteiger partial charge in [0.1, 0.15) is 0 Å². The van der Waals surface area contributed by atoms with E-state index in [0.29, 0.717) is 6.04 Å². The molecular weight excluding hydrogens is 214 g/mol. The second-order valence-corrected chi connectivity index (χ2v) is 5.06. The molecule has 0 aromatic carbocycles. The van der Waals surface area contributed by atoms with Crippen LogP contribution in [0.2, 0.25) is 0 Å². The van der Waals surface area contributed by atoms with Gasteiger partial charge in [-0.1, -0.05) is 6.07 Å². The molecule has 1 aromatic heterocycles. The molecule has 3 heterocycles. The lowest BCUT2D eigenvalue weighted by Crippen LogP contribution is -2.66. The van der Waals surface area contributed by atoms with Crippen molar-refractivity contribution in [3.05, 3.63) is 30.1 Å². The summed E-state index contributed by atoms with van der Waals surface area (Å²) in [4.78, 5) is 6.99. The van der Waals surface area contributed by atoms with E-state index in [0.717, 1.165) is 32.8 Å². The van der Waals surface area contributed by atoms with Crippen LogP contribution >= 0.6 is 0 Å². The molecule has 1 aromatic rings. The molecular formula is C13H19N3O. The van der Waals surface area contributed by atoms with Crippen molar-refractivity contribution >= 4 is 0 Å². The van der Waals surface area contributed by atoms with Crippen LogP contribution in [0, 0.1) is 0 Å². The Kier molecular flexibility index (Phi) is 2.86. The van der Waals surface area contributed by atoms with Crippen molar-refractivity contribution in [3.63, 3.8) is 0 Å². The summed E-state index contributed by atoms with van der Waals surface area (Å²) in [6.07, 6.45) is 1.88. The third-order valence-electron chi connectivity index (χ3n) is 4.04. The Morgan fingerprint density at radius 2 is 2.35 bits per heavy atom. The van der Waals surface area contributed by atoms with E-state index in [1.165, 1.54) is 5.69 Å². The third kappa shape index (κ3) is 1.76. The molecule has 0 saturated carbocycles. The van der Waals surface area contributed by atoms with Crippen molar-refractivity contribution in [2.75, 3.05) is 39.9 Å². The minimum absolute atomic E-state index is 0.0867. The number of nitrogens with zero attached hydrogens (tertiary/aromatic N) is 2. The minimum Gasteiger partial charge on any atom is -0.379 e. The number of hydrogen-bond donors (Lipinski definition) is 1. The number of hydrogen-bond acceptors (Lipinski definition) is 4. The maximum Gasteiger partial charge on any atom is 0.0759 e. The van der Waals surface area contributed by atoms with Crippen molar-refractivity contribution in [2.45, 2.75) is 11.5 Å². The van der Waals surface area contributed by atoms with E-state index in [1.807, 2.05) is 12.3 Å². The van der Waals surface area contributed by atoms with Crippen LogP contribution in [0.3, 0.4) is 0 Å². The van der Waals surface area contributed by atoms with Gasteiger partial charge in [0.15, 0.2) is 0 Å². The summed E-state index contributed by atoms with van der Waals surface area (Å²) in [5.74, 6) is 0. The number of pyridine rings is 1. The molecule has 0 bridgehead atoms. The monoisotopic (exact) mass is 233 g/mol. The molecule has 2 saturated heterocycles. The maximum absolute atomic E-state index is 5.50. The number of aromatic nitrogens is 1. The van der Waals surface area contributed by atoms with Crippen LogP contribution in [-0.2, 0) is 10.2 Å². The minimum atomic E-state index is 0.0867. The molecule has 4 nitrogen and oxygen atoms in total. The Balaban J connectivity index is 1.91. The number of rotatable bonds is 2. The molecule has 1 N–H and O–H groups in total. The molecule has 92 valence electrons. The second kappa shape index (κ2) is 4.37. The van der Waals surface area contributed by atoms with Crippen molar-refractivity contribution in [3.8, 4) is 0 Å². The molecule has 1 unspecified atom stereocenters. The van der Waals surface area contributed by atoms with E-state index in [9.17, 15) is 0 Å². The van der Waals surface area contributed by atoms with Gasteiger partial charge in [-0.05, 0) is 19.2 Å². The van der Waals surface area contributed by atoms with Gasteiger partial charge in [0, 0.05) is 31.9 Å². The fourth-order valence-corrected chi connectivity index (χ4v) is 2.91. The Morgan fingerprint density at radius 1 is 1.47 bits per heavy atom. The summed E-state index contributed by atoms with van der Waals surface area (Å²) in [5.41, 5.74) is 1.26. The average Bonchev–Trinajstić information content (AvgIpc) is 2.32. The number of ether oxygens (including phenoxy) is 1. The normalized spacial score (nSPS) is 28.6. The lowest BCUT2D eigenvalue weighted by Gasteiger charge is -2.51. The molecule has 0 radical (unpaired) electrons. The van der Waals surface area contributed by atoms with Gasteiger partial charge in [0.25, 0.3) is 0 Å². The Bertz CT molecular complexity index is 378. The first kappa shape index (κ1) is 11.1. The van der Waals surface area contributed by atoms with Gasteiger partial charge in [0.05, 0.1) is 24.3 Å². The van der Waals surface area contributed by atoms with Gasteiger partial charge in [-0.2, -0.15) is 0 Å². The van der Waals surface area contributed by atoms with Crippen LogP contribution in [0.25, 0.3) is 0 Å². The van der Waals surface area contributed by atoms with E-state index in [-0.39, 0.29) is 5.41 Å². The zero-order chi connectivity index (χ0) is 11.7. The predicted octanol–water partition coefficient (Wildman–Crippen LogP) is 0.253. The average molecular weight is 233 g/mol. The zero-order valence-corrected chi connectivity index (χ0v) is 10.2. The van der Waals surface area contributed by atoms with Crippen LogP contribution in [0.4, 0.5) is 0 Å². The predicted molar refractivity (Wildman–Crippen MR) is 66.0 cm³/mol. The summed E-state index contributed by atoms with van der Waals surface area (Å²) >= 11 is 0. The fourth-order valence-electron chi connectivity index (χ4n) is 2.91. The molecule has 17 heavy (non-hydrogen) atoms. The summed E-state index contributed by atoms with van der Waals surface area (Å²) in [6.45, 7) is 4.78. The van der Waals surface area contributed by atoms with E-state index in [4.69, 9.17) is 4.74 Å². The highest BCUT2D eigenvalue weighted by Gasteiger charge is 2.50. The van der Waals surface area contributed by atoms with Gasteiger partial charge in [0.2, 0.25) is 0 Å². The van der Waals surface area contributed by atoms with Crippen molar-refractivity contribution in [1.82, 2.24) is 15.2 Å². The Morgan fingerprint density at radius 3 is 2.94 bits per heavy atom. The van der Waals surface area contributed by atoms with Crippen LogP contribution in [0.5, 0.6) is 0 Å². The molecule has 2 aliphatic rings. The Hall–Kier alpha value is -0.970. The fraction of sp³-hybridized carbons (Fsp3) is 0.615. The van der Waals surface area contributed by atoms with Gasteiger partial charge < -0.3 is 10.1 Å². The highest BCUT2D eigenvalue weighted by molar-refractivity contribution is 5.25. The number of nitrogens with one attached hydrogen (secondary N) is 1. The quantitative estimate of drug-likeness (QED) is 0.795. The smallest absolute Gasteiger partial charge is 0.0759 e. The van der Waals surface area contributed by atoms with E-state index in [2.05, 4.69) is 34.4 Å². The largest absolute Gasteiger partial charge is 0.379 e. The molecule has 2 fully saturated rings. The molecule has 0 amide bonds. The number of piperazine rings is 1. The van der Waals surface area contributed by atoms with Gasteiger partial charge in [-0.15, -0.1) is 0 Å². The molecule has 1 atom stereocenters. The van der Waals surface area contributed by atoms with Crippen molar-refractivity contribution in [2.24, 2.45) is 0 Å². The number of likely N-dealkylation sites (N-methyl/N-ethyl adjacent to an activating group) is 1. The summed E-state index contributed by atoms with van der Waals surface area (Å²) < 4.78 is 5.50. The van der Waals surface area contributed by atoms with Crippen LogP contribution in [0.1, 0.15) is 5.69 Å². The lowest BCUT2D eigenvalue weighted by molar-refractivity contribution is -0.105. The maximum atomic E-state index is 5.50. The van der Waals surface area contributed by atoms with Gasteiger partial charge >= 0.3 is 0 Å². The summed E-state index contributed by atoms with van der Waals surface area (Å²) in [6, 6.07) is 6.66. The molecule has 2 aliphatic heterocycles. The molecule has 0 aliphatic carbocycles. The zero-order valence-electron chi connectivity index (χ0n) is 10.2. The highest BCUT2D eigenvalue weighted by atomic mass is 16.5. The highest BCUT2D eigenvalue weighted by Crippen LogP contribution is 2.37. The van der Waals surface area contributed by atoms with Crippen LogP contribution in [0.15, 0.2) is 24.4 Å². The van der Waals surface area contributed by atoms with Crippen LogP contribution < -0.4 is 5.32 Å². The second-order valence-electron chi connectivity index (χ2n) is 5.06. The first-order chi connectivity index (χ1) is 8.33. The van der Waals surface area contributed by atoms with E-state index < -0.39 is 0 Å². The Labute approximate surface area is 102 Å². The van der Waals surface area contributed by atoms with E-state index >= 15 is 0 Å². The molecule has 4 heteroatoms. The van der Waals surface area contributed by atoms with Gasteiger partial charge in [-0.25, -0.2) is 0 Å². The topological polar surface area (TPSA) is 37.4 Å². The summed E-state index contributed by atoms with van der Waals surface area (Å²) in [7, 11) is 2.20. The molecule has 3 rings (SSSR count). The third-order valence-corrected chi connectivity index (χ3v) is 4.04. The molecule has 0 spiro atoms. The first-order valence-corrected chi connectivity index (χ1v) is 6.23. The standard InChI is InChI=1S/C13H19N3O/c1-16-7-6-14-8-12(16)13(9-17-10-13)11-4-2-3-5-15-11/h2-5,12,14H,6-10H2,1H3. The van der Waals surface area contributed by atoms with Gasteiger partial charge in [-0.3, -0.25) is 9.88 Å².